The van der Waals surface area contributed by atoms with Crippen molar-refractivity contribution in [3.05, 3.63) is 70.8 Å². The fraction of sp³-hybridized carbons (Fsp3) is 0.200. The van der Waals surface area contributed by atoms with Crippen molar-refractivity contribution >= 4 is 17.7 Å². The summed E-state index contributed by atoms with van der Waals surface area (Å²) in [6.45, 7) is 6.20. The average molecular weight is 304 g/mol. The number of nitrogens with zero attached hydrogens (tertiary/aromatic N) is 1. The predicted octanol–water partition coefficient (Wildman–Crippen LogP) is 4.66. The fourth-order valence-corrected chi connectivity index (χ4v) is 2.21. The van der Waals surface area contributed by atoms with E-state index in [0.717, 1.165) is 11.1 Å². The topological polar surface area (TPSA) is 52.9 Å². The number of nitriles is 1. The van der Waals surface area contributed by atoms with E-state index in [9.17, 15) is 10.1 Å². The Balaban J connectivity index is 2.18. The number of aryl methyl sites for hydroxylation is 1. The molecule has 2 aromatic carbocycles. The van der Waals surface area contributed by atoms with Crippen molar-refractivity contribution in [1.82, 2.24) is 0 Å². The van der Waals surface area contributed by atoms with E-state index in [0.29, 0.717) is 11.6 Å². The molecule has 0 bridgehead atoms. The minimum Gasteiger partial charge on any atom is -0.321 e. The molecule has 1 amide bonds. The molecule has 0 saturated heterocycles. The summed E-state index contributed by atoms with van der Waals surface area (Å²) in [5.74, 6) is 0.0547. The third-order valence-corrected chi connectivity index (χ3v) is 3.56. The van der Waals surface area contributed by atoms with Gasteiger partial charge in [0.05, 0.1) is 0 Å². The summed E-state index contributed by atoms with van der Waals surface area (Å²) in [7, 11) is 0. The smallest absolute Gasteiger partial charge is 0.266 e. The summed E-state index contributed by atoms with van der Waals surface area (Å²) in [5, 5.41) is 12.0. The zero-order valence-electron chi connectivity index (χ0n) is 13.6. The summed E-state index contributed by atoms with van der Waals surface area (Å²) in [4.78, 5) is 12.2. The van der Waals surface area contributed by atoms with Gasteiger partial charge in [-0.05, 0) is 47.7 Å². The molecule has 0 aliphatic rings. The molecule has 0 fully saturated rings. The Kier molecular flexibility index (Phi) is 5.32. The van der Waals surface area contributed by atoms with Gasteiger partial charge < -0.3 is 5.32 Å². The highest BCUT2D eigenvalue weighted by atomic mass is 16.1. The molecule has 116 valence electrons. The lowest BCUT2D eigenvalue weighted by Crippen LogP contribution is -2.13. The van der Waals surface area contributed by atoms with E-state index in [1.54, 1.807) is 12.1 Å². The van der Waals surface area contributed by atoms with Gasteiger partial charge in [-0.3, -0.25) is 4.79 Å². The van der Waals surface area contributed by atoms with E-state index in [-0.39, 0.29) is 5.57 Å². The van der Waals surface area contributed by atoms with Crippen molar-refractivity contribution in [2.24, 2.45) is 0 Å². The Morgan fingerprint density at radius 3 is 2.43 bits per heavy atom. The van der Waals surface area contributed by atoms with Gasteiger partial charge in [-0.25, -0.2) is 0 Å². The number of anilines is 1. The van der Waals surface area contributed by atoms with Gasteiger partial charge >= 0.3 is 0 Å². The van der Waals surface area contributed by atoms with E-state index < -0.39 is 5.91 Å². The molecule has 0 spiro atoms. The highest BCUT2D eigenvalue weighted by Crippen LogP contribution is 2.17. The van der Waals surface area contributed by atoms with E-state index in [1.807, 2.05) is 55.5 Å². The van der Waals surface area contributed by atoms with Gasteiger partial charge in [-0.15, -0.1) is 0 Å². The molecule has 0 radical (unpaired) electrons. The Labute approximate surface area is 137 Å². The van der Waals surface area contributed by atoms with Crippen LogP contribution in [0.3, 0.4) is 0 Å². The Hall–Kier alpha value is -2.86. The van der Waals surface area contributed by atoms with E-state index in [2.05, 4.69) is 19.2 Å². The van der Waals surface area contributed by atoms with E-state index >= 15 is 0 Å². The summed E-state index contributed by atoms with van der Waals surface area (Å²) in [6, 6.07) is 17.3. The lowest BCUT2D eigenvalue weighted by Gasteiger charge is -2.06. The molecule has 0 heterocycles. The molecule has 0 atom stereocenters. The van der Waals surface area contributed by atoms with Crippen molar-refractivity contribution in [2.45, 2.75) is 26.7 Å². The predicted molar refractivity (Wildman–Crippen MR) is 93.9 cm³/mol. The maximum Gasteiger partial charge on any atom is 0.266 e. The van der Waals surface area contributed by atoms with E-state index in [1.165, 1.54) is 5.56 Å². The van der Waals surface area contributed by atoms with Crippen LogP contribution in [0, 0.1) is 18.3 Å². The van der Waals surface area contributed by atoms with Crippen LogP contribution < -0.4 is 5.32 Å². The van der Waals surface area contributed by atoms with Gasteiger partial charge in [0.1, 0.15) is 11.6 Å². The van der Waals surface area contributed by atoms with Crippen LogP contribution in [0.25, 0.3) is 6.08 Å². The normalized spacial score (nSPS) is 11.2. The van der Waals surface area contributed by atoms with Gasteiger partial charge in [-0.1, -0.05) is 50.2 Å². The molecule has 2 rings (SSSR count). The first-order valence-electron chi connectivity index (χ1n) is 7.59. The third-order valence-electron chi connectivity index (χ3n) is 3.56. The van der Waals surface area contributed by atoms with Crippen molar-refractivity contribution in [2.75, 3.05) is 5.32 Å². The maximum atomic E-state index is 12.2. The van der Waals surface area contributed by atoms with E-state index in [4.69, 9.17) is 0 Å². The van der Waals surface area contributed by atoms with Gasteiger partial charge in [0, 0.05) is 5.69 Å². The lowest BCUT2D eigenvalue weighted by molar-refractivity contribution is -0.112. The molecule has 0 aliphatic carbocycles. The Bertz CT molecular complexity index is 765. The van der Waals surface area contributed by atoms with Crippen LogP contribution in [0.15, 0.2) is 54.1 Å². The number of hydrogen-bond acceptors (Lipinski definition) is 2. The molecule has 0 unspecified atom stereocenters. The fourth-order valence-electron chi connectivity index (χ4n) is 2.21. The number of nitrogens with one attached hydrogen (secondary N) is 1. The third kappa shape index (κ3) is 4.55. The molecule has 3 heteroatoms. The summed E-state index contributed by atoms with van der Waals surface area (Å²) >= 11 is 0. The first-order valence-corrected chi connectivity index (χ1v) is 7.59. The molecule has 23 heavy (non-hydrogen) atoms. The number of benzene rings is 2. The number of carbonyl (C=O) groups is 1. The Morgan fingerprint density at radius 1 is 1.17 bits per heavy atom. The molecule has 0 saturated carbocycles. The van der Waals surface area contributed by atoms with Gasteiger partial charge in [-0.2, -0.15) is 5.26 Å². The van der Waals surface area contributed by atoms with Crippen LogP contribution in [-0.4, -0.2) is 5.91 Å². The van der Waals surface area contributed by atoms with Gasteiger partial charge in [0.15, 0.2) is 0 Å². The quantitative estimate of drug-likeness (QED) is 0.659. The summed E-state index contributed by atoms with van der Waals surface area (Å²) in [6.07, 6.45) is 1.61. The maximum absolute atomic E-state index is 12.2. The molecule has 2 aromatic rings. The van der Waals surface area contributed by atoms with Crippen LogP contribution in [-0.2, 0) is 4.79 Å². The lowest BCUT2D eigenvalue weighted by atomic mass is 10.0. The average Bonchev–Trinajstić information content (AvgIpc) is 2.53. The number of rotatable bonds is 4. The second kappa shape index (κ2) is 7.42. The van der Waals surface area contributed by atoms with Crippen LogP contribution in [0.5, 0.6) is 0 Å². The second-order valence-corrected chi connectivity index (χ2v) is 5.81. The van der Waals surface area contributed by atoms with Crippen molar-refractivity contribution in [3.63, 3.8) is 0 Å². The zero-order chi connectivity index (χ0) is 16.8. The number of hydrogen-bond donors (Lipinski definition) is 1. The van der Waals surface area contributed by atoms with Crippen molar-refractivity contribution in [1.29, 1.82) is 5.26 Å². The number of carbonyl (C=O) groups excluding carboxylic acids is 1. The van der Waals surface area contributed by atoms with Crippen molar-refractivity contribution in [3.8, 4) is 6.07 Å². The Morgan fingerprint density at radius 2 is 1.87 bits per heavy atom. The first kappa shape index (κ1) is 16.5. The molecule has 3 nitrogen and oxygen atoms in total. The molecular formula is C20H20N2O. The van der Waals surface area contributed by atoms with Gasteiger partial charge in [0.2, 0.25) is 0 Å². The standard InChI is InChI=1S/C20H20N2O/c1-14(2)17-9-7-16(8-10-17)12-18(13-21)20(23)22-19-6-4-5-15(3)11-19/h4-12,14H,1-3H3,(H,22,23)/b18-12+. The number of amides is 1. The molecule has 0 aromatic heterocycles. The van der Waals surface area contributed by atoms with Gasteiger partial charge in [0.25, 0.3) is 5.91 Å². The largest absolute Gasteiger partial charge is 0.321 e. The minimum absolute atomic E-state index is 0.0869. The monoisotopic (exact) mass is 304 g/mol. The van der Waals surface area contributed by atoms with Crippen LogP contribution in [0.1, 0.15) is 36.5 Å². The minimum atomic E-state index is -0.397. The zero-order valence-corrected chi connectivity index (χ0v) is 13.6. The highest BCUT2D eigenvalue weighted by molar-refractivity contribution is 6.09. The first-order chi connectivity index (χ1) is 11.0. The second-order valence-electron chi connectivity index (χ2n) is 5.81. The van der Waals surface area contributed by atoms with Crippen LogP contribution in [0.4, 0.5) is 5.69 Å². The van der Waals surface area contributed by atoms with Crippen molar-refractivity contribution < 1.29 is 4.79 Å². The molecule has 1 N–H and O–H groups in total. The SMILES string of the molecule is Cc1cccc(NC(=O)/C(C#N)=C/c2ccc(C(C)C)cc2)c1. The summed E-state index contributed by atoms with van der Waals surface area (Å²) < 4.78 is 0. The van der Waals surface area contributed by atoms with Crippen LogP contribution in [0.2, 0.25) is 0 Å². The summed E-state index contributed by atoms with van der Waals surface area (Å²) in [5.41, 5.74) is 3.89. The molecule has 0 aliphatic heterocycles. The van der Waals surface area contributed by atoms with Crippen LogP contribution >= 0.6 is 0 Å². The highest BCUT2D eigenvalue weighted by Gasteiger charge is 2.09. The molecular weight excluding hydrogens is 284 g/mol.